The van der Waals surface area contributed by atoms with Gasteiger partial charge in [0.05, 0.1) is 11.9 Å². The van der Waals surface area contributed by atoms with Crippen LogP contribution in [0.3, 0.4) is 0 Å². The Morgan fingerprint density at radius 2 is 1.67 bits per heavy atom. The molecule has 3 heteroatoms. The minimum Gasteiger partial charge on any atom is -0.291 e. The smallest absolute Gasteiger partial charge is 0.0780 e. The van der Waals surface area contributed by atoms with E-state index in [4.69, 9.17) is 23.2 Å². The number of rotatable bonds is 4. The first-order valence-corrected chi connectivity index (χ1v) is 6.51. The van der Waals surface area contributed by atoms with Crippen LogP contribution in [0.2, 0.25) is 5.02 Å². The summed E-state index contributed by atoms with van der Waals surface area (Å²) in [6.45, 7) is 0.554. The van der Waals surface area contributed by atoms with Gasteiger partial charge in [-0.1, -0.05) is 54.1 Å². The predicted molar refractivity (Wildman–Crippen MR) is 78.9 cm³/mol. The molecular formula is C15H13Cl2N. The number of aliphatic imine (C=N–C) groups is 1. The van der Waals surface area contributed by atoms with Crippen LogP contribution in [0.25, 0.3) is 0 Å². The fraction of sp³-hybridized carbons (Fsp3) is 0.133. The van der Waals surface area contributed by atoms with E-state index in [1.54, 1.807) is 0 Å². The Bertz CT molecular complexity index is 506. The largest absolute Gasteiger partial charge is 0.291 e. The molecule has 0 saturated carbocycles. The third kappa shape index (κ3) is 3.86. The number of nitrogens with zero attached hydrogens (tertiary/aromatic N) is 1. The number of alkyl halides is 1. The average Bonchev–Trinajstić information content (AvgIpc) is 2.40. The molecule has 0 spiro atoms. The van der Waals surface area contributed by atoms with Crippen molar-refractivity contribution in [2.45, 2.75) is 5.38 Å². The lowest BCUT2D eigenvalue weighted by Crippen LogP contribution is -1.95. The van der Waals surface area contributed by atoms with Gasteiger partial charge in [0, 0.05) is 11.2 Å². The Morgan fingerprint density at radius 3 is 2.33 bits per heavy atom. The lowest BCUT2D eigenvalue weighted by Gasteiger charge is -2.06. The normalized spacial score (nSPS) is 12.8. The third-order valence-electron chi connectivity index (χ3n) is 2.54. The molecule has 92 valence electrons. The SMILES string of the molecule is Clc1ccc([C@H](Cl)CN=Cc2ccccc2)cc1. The summed E-state index contributed by atoms with van der Waals surface area (Å²) in [5.41, 5.74) is 2.11. The van der Waals surface area contributed by atoms with Gasteiger partial charge >= 0.3 is 0 Å². The molecular weight excluding hydrogens is 265 g/mol. The van der Waals surface area contributed by atoms with Crippen LogP contribution in [-0.4, -0.2) is 12.8 Å². The Hall–Kier alpha value is -1.31. The van der Waals surface area contributed by atoms with Gasteiger partial charge in [0.25, 0.3) is 0 Å². The summed E-state index contributed by atoms with van der Waals surface area (Å²) in [6, 6.07) is 17.5. The van der Waals surface area contributed by atoms with Gasteiger partial charge in [-0.2, -0.15) is 0 Å². The molecule has 0 amide bonds. The van der Waals surface area contributed by atoms with Crippen LogP contribution >= 0.6 is 23.2 Å². The maximum absolute atomic E-state index is 6.27. The number of halogens is 2. The molecule has 0 aliphatic rings. The summed E-state index contributed by atoms with van der Waals surface area (Å²) in [6.07, 6.45) is 1.84. The highest BCUT2D eigenvalue weighted by atomic mass is 35.5. The summed E-state index contributed by atoms with van der Waals surface area (Å²) in [5.74, 6) is 0. The zero-order valence-corrected chi connectivity index (χ0v) is 11.3. The van der Waals surface area contributed by atoms with Crippen LogP contribution in [0.15, 0.2) is 59.6 Å². The molecule has 0 aliphatic carbocycles. The van der Waals surface area contributed by atoms with Gasteiger partial charge in [0.2, 0.25) is 0 Å². The second-order valence-corrected chi connectivity index (χ2v) is 4.89. The second kappa shape index (κ2) is 6.58. The third-order valence-corrected chi connectivity index (χ3v) is 3.18. The number of benzene rings is 2. The van der Waals surface area contributed by atoms with E-state index in [1.807, 2.05) is 60.8 Å². The molecule has 0 bridgehead atoms. The van der Waals surface area contributed by atoms with Crippen LogP contribution in [-0.2, 0) is 0 Å². The zero-order chi connectivity index (χ0) is 12.8. The lowest BCUT2D eigenvalue weighted by molar-refractivity contribution is 0.935. The van der Waals surface area contributed by atoms with Crippen LogP contribution in [0.1, 0.15) is 16.5 Å². The van der Waals surface area contributed by atoms with Crippen molar-refractivity contribution < 1.29 is 0 Å². The van der Waals surface area contributed by atoms with Gasteiger partial charge in [-0.3, -0.25) is 4.99 Å². The van der Waals surface area contributed by atoms with Gasteiger partial charge in [0.15, 0.2) is 0 Å². The molecule has 0 aliphatic heterocycles. The highest BCUT2D eigenvalue weighted by Gasteiger charge is 2.05. The van der Waals surface area contributed by atoms with Crippen molar-refractivity contribution in [2.24, 2.45) is 4.99 Å². The first-order chi connectivity index (χ1) is 8.75. The topological polar surface area (TPSA) is 12.4 Å². The van der Waals surface area contributed by atoms with Crippen molar-refractivity contribution >= 4 is 29.4 Å². The summed E-state index contributed by atoms with van der Waals surface area (Å²) in [4.78, 5) is 4.35. The minimum absolute atomic E-state index is 0.123. The van der Waals surface area contributed by atoms with E-state index in [1.165, 1.54) is 0 Å². The standard InChI is InChI=1S/C15H13Cl2N/c16-14-8-6-13(7-9-14)15(17)11-18-10-12-4-2-1-3-5-12/h1-10,15H,11H2/t15-/m1/s1. The first kappa shape index (κ1) is 13.1. The molecule has 0 radical (unpaired) electrons. The van der Waals surface area contributed by atoms with E-state index in [9.17, 15) is 0 Å². The Balaban J connectivity index is 1.94. The predicted octanol–water partition coefficient (Wildman–Crippen LogP) is 4.74. The molecule has 1 nitrogen and oxygen atoms in total. The van der Waals surface area contributed by atoms with Crippen molar-refractivity contribution in [3.05, 3.63) is 70.7 Å². The van der Waals surface area contributed by atoms with E-state index in [0.717, 1.165) is 16.1 Å². The monoisotopic (exact) mass is 277 g/mol. The fourth-order valence-corrected chi connectivity index (χ4v) is 1.92. The van der Waals surface area contributed by atoms with Gasteiger partial charge in [-0.25, -0.2) is 0 Å². The Labute approximate surface area is 117 Å². The molecule has 2 aromatic rings. The Kier molecular flexibility index (Phi) is 4.80. The molecule has 0 heterocycles. The van der Waals surface area contributed by atoms with Crippen molar-refractivity contribution in [1.82, 2.24) is 0 Å². The molecule has 0 unspecified atom stereocenters. The van der Waals surface area contributed by atoms with Crippen LogP contribution in [0.5, 0.6) is 0 Å². The highest BCUT2D eigenvalue weighted by molar-refractivity contribution is 6.30. The van der Waals surface area contributed by atoms with Gasteiger partial charge < -0.3 is 0 Å². The Morgan fingerprint density at radius 1 is 1.00 bits per heavy atom. The van der Waals surface area contributed by atoms with Crippen LogP contribution < -0.4 is 0 Å². The summed E-state index contributed by atoms with van der Waals surface area (Å²) >= 11 is 12.1. The van der Waals surface area contributed by atoms with Gasteiger partial charge in [-0.05, 0) is 23.3 Å². The maximum Gasteiger partial charge on any atom is 0.0780 e. The second-order valence-electron chi connectivity index (χ2n) is 3.92. The molecule has 18 heavy (non-hydrogen) atoms. The maximum atomic E-state index is 6.27. The molecule has 0 saturated heterocycles. The van der Waals surface area contributed by atoms with Crippen molar-refractivity contribution in [3.8, 4) is 0 Å². The van der Waals surface area contributed by atoms with E-state index in [2.05, 4.69) is 4.99 Å². The summed E-state index contributed by atoms with van der Waals surface area (Å²) in [5, 5.41) is 0.595. The van der Waals surface area contributed by atoms with Crippen molar-refractivity contribution in [3.63, 3.8) is 0 Å². The number of hydrogen-bond donors (Lipinski definition) is 0. The quantitative estimate of drug-likeness (QED) is 0.566. The zero-order valence-electron chi connectivity index (χ0n) is 9.76. The molecule has 1 atom stereocenters. The van der Waals surface area contributed by atoms with Crippen LogP contribution in [0, 0.1) is 0 Å². The lowest BCUT2D eigenvalue weighted by atomic mass is 10.1. The van der Waals surface area contributed by atoms with Crippen molar-refractivity contribution in [2.75, 3.05) is 6.54 Å². The molecule has 0 N–H and O–H groups in total. The van der Waals surface area contributed by atoms with Gasteiger partial charge in [0.1, 0.15) is 0 Å². The first-order valence-electron chi connectivity index (χ1n) is 5.70. The van der Waals surface area contributed by atoms with E-state index in [-0.39, 0.29) is 5.38 Å². The molecule has 0 aromatic heterocycles. The van der Waals surface area contributed by atoms with Crippen LogP contribution in [0.4, 0.5) is 0 Å². The molecule has 2 aromatic carbocycles. The van der Waals surface area contributed by atoms with E-state index < -0.39 is 0 Å². The van der Waals surface area contributed by atoms with Crippen molar-refractivity contribution in [1.29, 1.82) is 0 Å². The molecule has 0 fully saturated rings. The average molecular weight is 278 g/mol. The highest BCUT2D eigenvalue weighted by Crippen LogP contribution is 2.22. The summed E-state index contributed by atoms with van der Waals surface area (Å²) in [7, 11) is 0. The van der Waals surface area contributed by atoms with E-state index in [0.29, 0.717) is 6.54 Å². The van der Waals surface area contributed by atoms with E-state index >= 15 is 0 Å². The fourth-order valence-electron chi connectivity index (χ4n) is 1.57. The van der Waals surface area contributed by atoms with Gasteiger partial charge in [-0.15, -0.1) is 11.6 Å². The minimum atomic E-state index is -0.123. The number of hydrogen-bond acceptors (Lipinski definition) is 1. The molecule has 2 rings (SSSR count). The summed E-state index contributed by atoms with van der Waals surface area (Å²) < 4.78 is 0.